The van der Waals surface area contributed by atoms with Crippen LogP contribution in [0.5, 0.6) is 0 Å². The third-order valence-electron chi connectivity index (χ3n) is 9.22. The molecule has 1 N–H and O–H groups in total. The molecule has 0 aromatic heterocycles. The minimum absolute atomic E-state index is 0.128. The molecule has 0 aromatic rings. The highest BCUT2D eigenvalue weighted by Gasteiger charge is 2.61. The van der Waals surface area contributed by atoms with Crippen molar-refractivity contribution in [2.75, 3.05) is 0 Å². The van der Waals surface area contributed by atoms with Gasteiger partial charge in [-0.1, -0.05) is 31.9 Å². The van der Waals surface area contributed by atoms with Gasteiger partial charge < -0.3 is 5.11 Å². The Hall–Kier alpha value is -0.630. The van der Waals surface area contributed by atoms with Gasteiger partial charge in [0, 0.05) is 5.92 Å². The summed E-state index contributed by atoms with van der Waals surface area (Å²) >= 11 is 0. The Bertz CT molecular complexity index is 620. The predicted molar refractivity (Wildman–Crippen MR) is 101 cm³/mol. The Labute approximate surface area is 153 Å². The number of fused-ring (bicyclic) bond motifs is 5. The van der Waals surface area contributed by atoms with Crippen LogP contribution < -0.4 is 0 Å². The second-order valence-corrected chi connectivity index (χ2v) is 10.5. The lowest BCUT2D eigenvalue weighted by atomic mass is 9.46. The standard InChI is InChI=1S/C23H36O2/c1-13-10-17-18(22(4)8-6-16(25)12-19(13)22)7-9-23(5)20(17)11-14(2)21(23)15(3)24/h14,16-18,20-21,25H,6-12H2,1-5H3/t14?,16?,17-,18+,20+,21-,22-,23+/m1/s1. The third kappa shape index (κ3) is 2.35. The van der Waals surface area contributed by atoms with Gasteiger partial charge in [0.2, 0.25) is 0 Å². The Kier molecular flexibility index (Phi) is 4.04. The van der Waals surface area contributed by atoms with E-state index in [2.05, 4.69) is 27.7 Å². The maximum atomic E-state index is 12.4. The Morgan fingerprint density at radius 3 is 2.52 bits per heavy atom. The molecule has 8 atom stereocenters. The molecule has 3 saturated carbocycles. The number of rotatable bonds is 1. The second-order valence-electron chi connectivity index (χ2n) is 10.5. The summed E-state index contributed by atoms with van der Waals surface area (Å²) in [6.07, 6.45) is 7.83. The summed E-state index contributed by atoms with van der Waals surface area (Å²) in [6.45, 7) is 11.4. The van der Waals surface area contributed by atoms with E-state index in [1.807, 2.05) is 6.92 Å². The number of hydrogen-bond acceptors (Lipinski definition) is 2. The molecule has 0 radical (unpaired) electrons. The highest BCUT2D eigenvalue weighted by atomic mass is 16.3. The molecule has 0 bridgehead atoms. The summed E-state index contributed by atoms with van der Waals surface area (Å²) in [5, 5.41) is 10.2. The predicted octanol–water partition coefficient (Wildman–Crippen LogP) is 5.15. The van der Waals surface area contributed by atoms with E-state index in [4.69, 9.17) is 0 Å². The van der Waals surface area contributed by atoms with E-state index in [0.717, 1.165) is 31.1 Å². The van der Waals surface area contributed by atoms with Crippen molar-refractivity contribution in [1.29, 1.82) is 0 Å². The second kappa shape index (κ2) is 5.68. The van der Waals surface area contributed by atoms with Crippen LogP contribution in [0.1, 0.15) is 79.6 Å². The maximum absolute atomic E-state index is 12.4. The number of hydrogen-bond donors (Lipinski definition) is 1. The van der Waals surface area contributed by atoms with Gasteiger partial charge in [-0.15, -0.1) is 0 Å². The first-order chi connectivity index (χ1) is 11.7. The largest absolute Gasteiger partial charge is 0.393 e. The molecule has 0 heterocycles. The monoisotopic (exact) mass is 344 g/mol. The molecule has 0 aliphatic heterocycles. The van der Waals surface area contributed by atoms with Crippen molar-refractivity contribution in [2.24, 2.45) is 40.4 Å². The number of aliphatic hydroxyl groups excluding tert-OH is 1. The molecular formula is C23H36O2. The van der Waals surface area contributed by atoms with Crippen molar-refractivity contribution in [2.45, 2.75) is 85.7 Å². The lowest BCUT2D eigenvalue weighted by Crippen LogP contribution is -2.51. The van der Waals surface area contributed by atoms with Gasteiger partial charge in [-0.3, -0.25) is 4.79 Å². The summed E-state index contributed by atoms with van der Waals surface area (Å²) in [7, 11) is 0. The van der Waals surface area contributed by atoms with Crippen LogP contribution in [-0.2, 0) is 4.79 Å². The summed E-state index contributed by atoms with van der Waals surface area (Å²) < 4.78 is 0. The minimum Gasteiger partial charge on any atom is -0.393 e. The smallest absolute Gasteiger partial charge is 0.133 e. The van der Waals surface area contributed by atoms with Gasteiger partial charge in [-0.2, -0.15) is 0 Å². The fraction of sp³-hybridized carbons (Fsp3) is 0.870. The van der Waals surface area contributed by atoms with Gasteiger partial charge in [0.25, 0.3) is 0 Å². The SMILES string of the molecule is CC(=O)[C@H]1C(C)C[C@H]2[C@@H]3CC(C)=C4CC(O)CC[C@]4(C)[C@H]3CC[C@]12C. The molecule has 25 heavy (non-hydrogen) atoms. The lowest BCUT2D eigenvalue weighted by molar-refractivity contribution is -0.128. The van der Waals surface area contributed by atoms with Crippen molar-refractivity contribution in [3.8, 4) is 0 Å². The molecular weight excluding hydrogens is 308 g/mol. The summed E-state index contributed by atoms with van der Waals surface area (Å²) in [6, 6.07) is 0. The van der Waals surface area contributed by atoms with Crippen molar-refractivity contribution in [3.63, 3.8) is 0 Å². The number of Topliss-reactive ketones (excluding diaryl/α,β-unsaturated/α-hetero) is 1. The topological polar surface area (TPSA) is 37.3 Å². The van der Waals surface area contributed by atoms with Gasteiger partial charge in [-0.25, -0.2) is 0 Å². The molecule has 2 heteroatoms. The average Bonchev–Trinajstić information content (AvgIpc) is 2.80. The van der Waals surface area contributed by atoms with Crippen LogP contribution in [0.15, 0.2) is 11.1 Å². The first-order valence-electron chi connectivity index (χ1n) is 10.6. The van der Waals surface area contributed by atoms with E-state index >= 15 is 0 Å². The zero-order valence-corrected chi connectivity index (χ0v) is 16.8. The Balaban J connectivity index is 1.73. The molecule has 3 fully saturated rings. The fourth-order valence-corrected chi connectivity index (χ4v) is 8.33. The van der Waals surface area contributed by atoms with Crippen LogP contribution in [0.25, 0.3) is 0 Å². The van der Waals surface area contributed by atoms with E-state index in [9.17, 15) is 9.90 Å². The quantitative estimate of drug-likeness (QED) is 0.668. The molecule has 0 spiro atoms. The van der Waals surface area contributed by atoms with Crippen LogP contribution in [0, 0.1) is 40.4 Å². The van der Waals surface area contributed by atoms with Gasteiger partial charge in [0.05, 0.1) is 6.10 Å². The van der Waals surface area contributed by atoms with Crippen molar-refractivity contribution < 1.29 is 9.90 Å². The molecule has 2 nitrogen and oxygen atoms in total. The minimum atomic E-state index is -0.128. The first kappa shape index (κ1) is 17.8. The van der Waals surface area contributed by atoms with Crippen LogP contribution >= 0.6 is 0 Å². The number of carbonyl (C=O) groups excluding carboxylic acids is 1. The molecule has 2 unspecified atom stereocenters. The van der Waals surface area contributed by atoms with E-state index in [-0.39, 0.29) is 17.4 Å². The molecule has 0 amide bonds. The van der Waals surface area contributed by atoms with Gasteiger partial charge in [0.1, 0.15) is 5.78 Å². The van der Waals surface area contributed by atoms with E-state index < -0.39 is 0 Å². The van der Waals surface area contributed by atoms with Crippen LogP contribution in [0.2, 0.25) is 0 Å². The highest BCUT2D eigenvalue weighted by Crippen LogP contribution is 2.68. The van der Waals surface area contributed by atoms with E-state index in [0.29, 0.717) is 23.0 Å². The zero-order valence-electron chi connectivity index (χ0n) is 16.8. The Morgan fingerprint density at radius 2 is 1.84 bits per heavy atom. The van der Waals surface area contributed by atoms with Gasteiger partial charge in [0.15, 0.2) is 0 Å². The number of carbonyl (C=O) groups is 1. The number of allylic oxidation sites excluding steroid dienone is 1. The molecule has 0 saturated heterocycles. The van der Waals surface area contributed by atoms with Crippen LogP contribution in [0.4, 0.5) is 0 Å². The van der Waals surface area contributed by atoms with Gasteiger partial charge in [-0.05, 0) is 93.3 Å². The van der Waals surface area contributed by atoms with Crippen LogP contribution in [-0.4, -0.2) is 17.0 Å². The summed E-state index contributed by atoms with van der Waals surface area (Å²) in [5.41, 5.74) is 3.66. The first-order valence-corrected chi connectivity index (χ1v) is 10.6. The normalized spacial score (nSPS) is 52.4. The van der Waals surface area contributed by atoms with Crippen molar-refractivity contribution in [1.82, 2.24) is 0 Å². The highest BCUT2D eigenvalue weighted by molar-refractivity contribution is 5.80. The number of ketones is 1. The number of aliphatic hydroxyl groups is 1. The molecule has 4 aliphatic rings. The fourth-order valence-electron chi connectivity index (χ4n) is 8.33. The molecule has 4 aliphatic carbocycles. The molecule has 4 rings (SSSR count). The maximum Gasteiger partial charge on any atom is 0.133 e. The third-order valence-corrected chi connectivity index (χ3v) is 9.22. The van der Waals surface area contributed by atoms with Gasteiger partial charge >= 0.3 is 0 Å². The Morgan fingerprint density at radius 1 is 1.12 bits per heavy atom. The van der Waals surface area contributed by atoms with Crippen molar-refractivity contribution >= 4 is 5.78 Å². The summed E-state index contributed by atoms with van der Waals surface area (Å²) in [4.78, 5) is 12.4. The van der Waals surface area contributed by atoms with E-state index in [1.165, 1.54) is 25.7 Å². The summed E-state index contributed by atoms with van der Waals surface area (Å²) in [5.74, 6) is 3.44. The molecule has 140 valence electrons. The average molecular weight is 345 g/mol. The van der Waals surface area contributed by atoms with Crippen LogP contribution in [0.3, 0.4) is 0 Å². The van der Waals surface area contributed by atoms with Crippen molar-refractivity contribution in [3.05, 3.63) is 11.1 Å². The van der Waals surface area contributed by atoms with E-state index in [1.54, 1.807) is 11.1 Å². The zero-order chi connectivity index (χ0) is 18.1. The molecule has 0 aromatic carbocycles. The lowest BCUT2D eigenvalue weighted by Gasteiger charge is -2.58.